The van der Waals surface area contributed by atoms with Crippen LogP contribution in [0.3, 0.4) is 0 Å². The Balaban J connectivity index is 1.37. The summed E-state index contributed by atoms with van der Waals surface area (Å²) in [5.41, 5.74) is 2.91. The van der Waals surface area contributed by atoms with Crippen LogP contribution in [0.25, 0.3) is 0 Å². The summed E-state index contributed by atoms with van der Waals surface area (Å²) in [5.74, 6) is 0.849. The molecule has 2 aromatic carbocycles. The van der Waals surface area contributed by atoms with Gasteiger partial charge < -0.3 is 14.4 Å². The first-order valence-corrected chi connectivity index (χ1v) is 13.2. The molecule has 0 radical (unpaired) electrons. The number of carbonyl (C=O) groups is 1. The second-order valence-corrected chi connectivity index (χ2v) is 11.0. The Morgan fingerprint density at radius 3 is 2.33 bits per heavy atom. The molecule has 4 rings (SSSR count). The molecule has 178 valence electrons. The fraction of sp³-hybridized carbons (Fsp3) is 0.480. The maximum atomic E-state index is 13.5. The van der Waals surface area contributed by atoms with Crippen molar-refractivity contribution in [1.29, 1.82) is 0 Å². The van der Waals surface area contributed by atoms with Gasteiger partial charge in [-0.3, -0.25) is 9.69 Å². The third-order valence-corrected chi connectivity index (χ3v) is 7.90. The third kappa shape index (κ3) is 4.78. The molecule has 0 atom stereocenters. The summed E-state index contributed by atoms with van der Waals surface area (Å²) >= 11 is 0. The summed E-state index contributed by atoms with van der Waals surface area (Å²) in [5, 5.41) is 0. The number of hydrogen-bond donors (Lipinski definition) is 0. The Hall–Kier alpha value is -2.42. The van der Waals surface area contributed by atoms with Gasteiger partial charge in [-0.05, 0) is 68.8 Å². The van der Waals surface area contributed by atoms with Crippen molar-refractivity contribution in [2.45, 2.75) is 30.1 Å². The number of methoxy groups -OCH3 is 1. The zero-order valence-electron chi connectivity index (χ0n) is 19.5. The minimum Gasteiger partial charge on any atom is -0.492 e. The van der Waals surface area contributed by atoms with Gasteiger partial charge in [0.05, 0.1) is 16.9 Å². The SMILES string of the molecule is COCCN1C(=O)C2(CCN(CCOc3ccc(S(C)(=O)=O)cc3)CC2)c2cc(C)ccc21. The first kappa shape index (κ1) is 23.7. The van der Waals surface area contributed by atoms with E-state index in [9.17, 15) is 13.2 Å². The number of sulfone groups is 1. The minimum absolute atomic E-state index is 0.196. The van der Waals surface area contributed by atoms with Crippen molar-refractivity contribution in [3.05, 3.63) is 53.6 Å². The van der Waals surface area contributed by atoms with E-state index in [0.717, 1.165) is 43.7 Å². The van der Waals surface area contributed by atoms with E-state index in [4.69, 9.17) is 9.47 Å². The smallest absolute Gasteiger partial charge is 0.237 e. The molecular formula is C25H32N2O5S. The van der Waals surface area contributed by atoms with Crippen LogP contribution in [-0.2, 0) is 24.8 Å². The zero-order chi connectivity index (χ0) is 23.6. The van der Waals surface area contributed by atoms with Crippen molar-refractivity contribution < 1.29 is 22.7 Å². The number of piperidine rings is 1. The molecule has 2 aromatic rings. The number of carbonyl (C=O) groups excluding carboxylic acids is 1. The maximum absolute atomic E-state index is 13.5. The van der Waals surface area contributed by atoms with Crippen LogP contribution in [0.4, 0.5) is 5.69 Å². The molecule has 1 spiro atoms. The lowest BCUT2D eigenvalue weighted by Crippen LogP contribution is -2.49. The molecule has 0 N–H and O–H groups in total. The fourth-order valence-electron chi connectivity index (χ4n) is 4.87. The number of aryl methyl sites for hydroxylation is 1. The van der Waals surface area contributed by atoms with Crippen molar-refractivity contribution in [3.63, 3.8) is 0 Å². The predicted octanol–water partition coefficient (Wildman–Crippen LogP) is 2.80. The Labute approximate surface area is 196 Å². The molecule has 2 aliphatic heterocycles. The number of anilines is 1. The molecule has 0 aliphatic carbocycles. The average Bonchev–Trinajstić information content (AvgIpc) is 3.00. The fourth-order valence-corrected chi connectivity index (χ4v) is 5.50. The summed E-state index contributed by atoms with van der Waals surface area (Å²) in [6.07, 6.45) is 2.77. The second-order valence-electron chi connectivity index (χ2n) is 8.99. The number of benzene rings is 2. The van der Waals surface area contributed by atoms with Gasteiger partial charge >= 0.3 is 0 Å². The van der Waals surface area contributed by atoms with Crippen LogP contribution < -0.4 is 9.64 Å². The number of ether oxygens (including phenoxy) is 2. The van der Waals surface area contributed by atoms with E-state index in [2.05, 4.69) is 30.0 Å². The zero-order valence-corrected chi connectivity index (χ0v) is 20.4. The molecule has 0 bridgehead atoms. The van der Waals surface area contributed by atoms with Crippen LogP contribution in [-0.4, -0.2) is 72.0 Å². The third-order valence-electron chi connectivity index (χ3n) is 6.77. The molecule has 33 heavy (non-hydrogen) atoms. The lowest BCUT2D eigenvalue weighted by Gasteiger charge is -2.38. The Kier molecular flexibility index (Phi) is 6.79. The van der Waals surface area contributed by atoms with E-state index in [0.29, 0.717) is 25.5 Å². The average molecular weight is 473 g/mol. The Bertz CT molecular complexity index is 1110. The van der Waals surface area contributed by atoms with Crippen molar-refractivity contribution in [2.75, 3.05) is 57.7 Å². The molecule has 0 unspecified atom stereocenters. The van der Waals surface area contributed by atoms with Gasteiger partial charge in [0.15, 0.2) is 9.84 Å². The van der Waals surface area contributed by atoms with E-state index < -0.39 is 15.3 Å². The molecule has 7 nitrogen and oxygen atoms in total. The van der Waals surface area contributed by atoms with Gasteiger partial charge in [0.1, 0.15) is 12.4 Å². The first-order chi connectivity index (χ1) is 15.7. The summed E-state index contributed by atoms with van der Waals surface area (Å²) in [6.45, 7) is 6.08. The number of rotatable bonds is 8. The van der Waals surface area contributed by atoms with Crippen molar-refractivity contribution in [3.8, 4) is 5.75 Å². The molecule has 2 aliphatic rings. The van der Waals surface area contributed by atoms with Gasteiger partial charge in [-0.1, -0.05) is 17.7 Å². The molecule has 1 amide bonds. The van der Waals surface area contributed by atoms with Crippen molar-refractivity contribution in [1.82, 2.24) is 4.90 Å². The first-order valence-electron chi connectivity index (χ1n) is 11.3. The summed E-state index contributed by atoms with van der Waals surface area (Å²) in [6, 6.07) is 12.8. The highest BCUT2D eigenvalue weighted by atomic mass is 32.2. The summed E-state index contributed by atoms with van der Waals surface area (Å²) < 4.78 is 34.2. The number of fused-ring (bicyclic) bond motifs is 2. The number of amides is 1. The van der Waals surface area contributed by atoms with Crippen LogP contribution in [0, 0.1) is 6.92 Å². The topological polar surface area (TPSA) is 76.2 Å². The number of hydrogen-bond acceptors (Lipinski definition) is 6. The lowest BCUT2D eigenvalue weighted by molar-refractivity contribution is -0.125. The molecule has 2 heterocycles. The highest BCUT2D eigenvalue weighted by Gasteiger charge is 2.51. The standard InChI is InChI=1S/C25H32N2O5S/c1-19-4-9-23-22(18-19)25(24(28)27(23)15-16-31-2)10-12-26(13-11-25)14-17-32-20-5-7-21(8-6-20)33(3,29)30/h4-9,18H,10-17H2,1-3H3. The predicted molar refractivity (Wildman–Crippen MR) is 128 cm³/mol. The highest BCUT2D eigenvalue weighted by molar-refractivity contribution is 7.90. The molecule has 0 saturated carbocycles. The Morgan fingerprint density at radius 1 is 1.00 bits per heavy atom. The largest absolute Gasteiger partial charge is 0.492 e. The van der Waals surface area contributed by atoms with E-state index >= 15 is 0 Å². The second kappa shape index (κ2) is 9.44. The quantitative estimate of drug-likeness (QED) is 0.588. The van der Waals surface area contributed by atoms with Crippen molar-refractivity contribution in [2.24, 2.45) is 0 Å². The summed E-state index contributed by atoms with van der Waals surface area (Å²) in [4.78, 5) is 18.1. The number of likely N-dealkylation sites (tertiary alicyclic amines) is 1. The van der Waals surface area contributed by atoms with Gasteiger partial charge in [0, 0.05) is 32.1 Å². The van der Waals surface area contributed by atoms with E-state index in [1.165, 1.54) is 11.8 Å². The van der Waals surface area contributed by atoms with Gasteiger partial charge in [0.25, 0.3) is 0 Å². The van der Waals surface area contributed by atoms with E-state index in [1.54, 1.807) is 31.4 Å². The Morgan fingerprint density at radius 2 is 1.70 bits per heavy atom. The summed E-state index contributed by atoms with van der Waals surface area (Å²) in [7, 11) is -1.55. The van der Waals surface area contributed by atoms with Gasteiger partial charge in [-0.2, -0.15) is 0 Å². The van der Waals surface area contributed by atoms with Gasteiger partial charge in [-0.15, -0.1) is 0 Å². The van der Waals surface area contributed by atoms with Crippen LogP contribution >= 0.6 is 0 Å². The van der Waals surface area contributed by atoms with Gasteiger partial charge in [-0.25, -0.2) is 8.42 Å². The van der Waals surface area contributed by atoms with Gasteiger partial charge in [0.2, 0.25) is 5.91 Å². The van der Waals surface area contributed by atoms with E-state index in [1.807, 2.05) is 4.90 Å². The molecule has 1 saturated heterocycles. The maximum Gasteiger partial charge on any atom is 0.237 e. The van der Waals surface area contributed by atoms with Crippen LogP contribution in [0.5, 0.6) is 5.75 Å². The minimum atomic E-state index is -3.21. The normalized spacial score (nSPS) is 18.0. The van der Waals surface area contributed by atoms with Crippen LogP contribution in [0.2, 0.25) is 0 Å². The van der Waals surface area contributed by atoms with Crippen LogP contribution in [0.15, 0.2) is 47.4 Å². The molecule has 0 aromatic heterocycles. The van der Waals surface area contributed by atoms with Crippen LogP contribution in [0.1, 0.15) is 24.0 Å². The number of nitrogens with zero attached hydrogens (tertiary/aromatic N) is 2. The lowest BCUT2D eigenvalue weighted by atomic mass is 9.73. The molecule has 1 fully saturated rings. The van der Waals surface area contributed by atoms with E-state index in [-0.39, 0.29) is 10.8 Å². The molecule has 8 heteroatoms. The van der Waals surface area contributed by atoms with Crippen molar-refractivity contribution >= 4 is 21.4 Å². The molecular weight excluding hydrogens is 440 g/mol. The monoisotopic (exact) mass is 472 g/mol. The highest BCUT2D eigenvalue weighted by Crippen LogP contribution is 2.48.